The summed E-state index contributed by atoms with van der Waals surface area (Å²) < 4.78 is 6.10. The van der Waals surface area contributed by atoms with Gasteiger partial charge in [0.15, 0.2) is 0 Å². The molecular formula is C18H21NO2. The molecule has 1 heterocycles. The zero-order valence-electron chi connectivity index (χ0n) is 12.3. The molecule has 2 unspecified atom stereocenters. The number of fused-ring (bicyclic) bond motifs is 1. The van der Waals surface area contributed by atoms with Gasteiger partial charge in [0.1, 0.15) is 17.6 Å². The molecule has 0 spiro atoms. The Labute approximate surface area is 125 Å². The molecule has 0 aliphatic carbocycles. The lowest BCUT2D eigenvalue weighted by atomic mass is 9.97. The summed E-state index contributed by atoms with van der Waals surface area (Å²) in [5, 5.41) is 13.1. The van der Waals surface area contributed by atoms with Crippen molar-refractivity contribution < 1.29 is 9.84 Å². The largest absolute Gasteiger partial charge is 0.508 e. The van der Waals surface area contributed by atoms with Crippen molar-refractivity contribution in [1.29, 1.82) is 0 Å². The predicted molar refractivity (Wildman–Crippen MR) is 83.8 cm³/mol. The monoisotopic (exact) mass is 283 g/mol. The molecule has 3 heteroatoms. The molecule has 0 saturated carbocycles. The molecule has 2 aromatic rings. The topological polar surface area (TPSA) is 41.5 Å². The summed E-state index contributed by atoms with van der Waals surface area (Å²) in [6, 6.07) is 15.9. The number of aromatic hydroxyl groups is 1. The second-order valence-electron chi connectivity index (χ2n) is 5.51. The molecule has 2 atom stereocenters. The SMILES string of the molecule is CCNC(Cc1cccc(O)c1)C1Cc2ccccc2O1. The quantitative estimate of drug-likeness (QED) is 0.886. The first-order valence-corrected chi connectivity index (χ1v) is 7.52. The number of hydrogen-bond acceptors (Lipinski definition) is 3. The highest BCUT2D eigenvalue weighted by molar-refractivity contribution is 5.38. The lowest BCUT2D eigenvalue weighted by Gasteiger charge is -2.24. The van der Waals surface area contributed by atoms with Crippen molar-refractivity contribution >= 4 is 0 Å². The second-order valence-corrected chi connectivity index (χ2v) is 5.51. The smallest absolute Gasteiger partial charge is 0.123 e. The maximum Gasteiger partial charge on any atom is 0.123 e. The number of ether oxygens (including phenoxy) is 1. The van der Waals surface area contributed by atoms with Gasteiger partial charge < -0.3 is 15.2 Å². The van der Waals surface area contributed by atoms with Crippen LogP contribution < -0.4 is 10.1 Å². The fourth-order valence-corrected chi connectivity index (χ4v) is 2.97. The van der Waals surface area contributed by atoms with E-state index in [9.17, 15) is 5.11 Å². The van der Waals surface area contributed by atoms with Gasteiger partial charge in [0.25, 0.3) is 0 Å². The Morgan fingerprint density at radius 1 is 1.24 bits per heavy atom. The van der Waals surface area contributed by atoms with Gasteiger partial charge in [-0.15, -0.1) is 0 Å². The third kappa shape index (κ3) is 3.19. The van der Waals surface area contributed by atoms with Crippen molar-refractivity contribution in [3.8, 4) is 11.5 Å². The van der Waals surface area contributed by atoms with E-state index in [4.69, 9.17) is 4.74 Å². The summed E-state index contributed by atoms with van der Waals surface area (Å²) in [5.41, 5.74) is 2.40. The molecule has 0 amide bonds. The minimum atomic E-state index is 0.143. The fourth-order valence-electron chi connectivity index (χ4n) is 2.97. The minimum Gasteiger partial charge on any atom is -0.508 e. The second kappa shape index (κ2) is 6.19. The van der Waals surface area contributed by atoms with E-state index < -0.39 is 0 Å². The predicted octanol–water partition coefficient (Wildman–Crippen LogP) is 2.92. The maximum absolute atomic E-state index is 9.61. The van der Waals surface area contributed by atoms with E-state index in [1.165, 1.54) is 5.56 Å². The van der Waals surface area contributed by atoms with Gasteiger partial charge in [-0.25, -0.2) is 0 Å². The van der Waals surface area contributed by atoms with Gasteiger partial charge in [0.2, 0.25) is 0 Å². The molecule has 110 valence electrons. The number of rotatable bonds is 5. The van der Waals surface area contributed by atoms with Gasteiger partial charge >= 0.3 is 0 Å². The first-order valence-electron chi connectivity index (χ1n) is 7.52. The number of benzene rings is 2. The third-order valence-electron chi connectivity index (χ3n) is 3.95. The number of hydrogen-bond donors (Lipinski definition) is 2. The van der Waals surface area contributed by atoms with Crippen LogP contribution in [0.15, 0.2) is 48.5 Å². The van der Waals surface area contributed by atoms with Gasteiger partial charge in [-0.1, -0.05) is 37.3 Å². The lowest BCUT2D eigenvalue weighted by Crippen LogP contribution is -2.44. The molecule has 0 bridgehead atoms. The Balaban J connectivity index is 1.74. The van der Waals surface area contributed by atoms with Crippen LogP contribution in [0.3, 0.4) is 0 Å². The van der Waals surface area contributed by atoms with Gasteiger partial charge in [0, 0.05) is 12.5 Å². The standard InChI is InChI=1S/C18H21NO2/c1-2-19-16(11-13-6-5-8-15(20)10-13)18-12-14-7-3-4-9-17(14)21-18/h3-10,16,18-20H,2,11-12H2,1H3. The average Bonchev–Trinajstić information content (AvgIpc) is 2.91. The first kappa shape index (κ1) is 14.0. The van der Waals surface area contributed by atoms with Crippen LogP contribution in [0.4, 0.5) is 0 Å². The zero-order valence-corrected chi connectivity index (χ0v) is 12.3. The molecule has 0 radical (unpaired) electrons. The Kier molecular flexibility index (Phi) is 4.11. The number of phenols is 1. The van der Waals surface area contributed by atoms with Crippen molar-refractivity contribution in [1.82, 2.24) is 5.32 Å². The zero-order chi connectivity index (χ0) is 14.7. The van der Waals surface area contributed by atoms with E-state index in [1.54, 1.807) is 6.07 Å². The van der Waals surface area contributed by atoms with Crippen LogP contribution in [-0.2, 0) is 12.8 Å². The van der Waals surface area contributed by atoms with Crippen molar-refractivity contribution in [2.24, 2.45) is 0 Å². The van der Waals surface area contributed by atoms with E-state index in [2.05, 4.69) is 24.4 Å². The average molecular weight is 283 g/mol. The van der Waals surface area contributed by atoms with Crippen LogP contribution in [0.25, 0.3) is 0 Å². The Hall–Kier alpha value is -2.00. The van der Waals surface area contributed by atoms with Crippen molar-refractivity contribution in [2.45, 2.75) is 31.9 Å². The molecule has 0 saturated heterocycles. The van der Waals surface area contributed by atoms with Crippen LogP contribution in [0.1, 0.15) is 18.1 Å². The van der Waals surface area contributed by atoms with Crippen LogP contribution >= 0.6 is 0 Å². The first-order chi connectivity index (χ1) is 10.3. The van der Waals surface area contributed by atoms with Crippen LogP contribution in [0, 0.1) is 0 Å². The number of likely N-dealkylation sites (N-methyl/N-ethyl adjacent to an activating group) is 1. The molecular weight excluding hydrogens is 262 g/mol. The molecule has 0 aromatic heterocycles. The van der Waals surface area contributed by atoms with Crippen molar-refractivity contribution in [2.75, 3.05) is 6.54 Å². The fraction of sp³-hybridized carbons (Fsp3) is 0.333. The molecule has 1 aliphatic rings. The van der Waals surface area contributed by atoms with Crippen LogP contribution in [0.2, 0.25) is 0 Å². The Bertz CT molecular complexity index is 587. The molecule has 1 aliphatic heterocycles. The van der Waals surface area contributed by atoms with E-state index in [1.807, 2.05) is 30.3 Å². The summed E-state index contributed by atoms with van der Waals surface area (Å²) in [7, 11) is 0. The molecule has 0 fully saturated rings. The number of nitrogens with one attached hydrogen (secondary N) is 1. The van der Waals surface area contributed by atoms with Crippen LogP contribution in [-0.4, -0.2) is 23.8 Å². The Morgan fingerprint density at radius 2 is 2.10 bits per heavy atom. The molecule has 2 aromatic carbocycles. The van der Waals surface area contributed by atoms with E-state index in [0.29, 0.717) is 5.75 Å². The maximum atomic E-state index is 9.61. The molecule has 21 heavy (non-hydrogen) atoms. The van der Waals surface area contributed by atoms with Gasteiger partial charge in [-0.05, 0) is 42.3 Å². The summed E-state index contributed by atoms with van der Waals surface area (Å²) in [6.07, 6.45) is 1.93. The van der Waals surface area contributed by atoms with Crippen molar-refractivity contribution in [3.05, 3.63) is 59.7 Å². The third-order valence-corrected chi connectivity index (χ3v) is 3.95. The lowest BCUT2D eigenvalue weighted by molar-refractivity contribution is 0.178. The minimum absolute atomic E-state index is 0.143. The highest BCUT2D eigenvalue weighted by atomic mass is 16.5. The number of phenolic OH excluding ortho intramolecular Hbond substituents is 1. The molecule has 2 N–H and O–H groups in total. The van der Waals surface area contributed by atoms with Crippen LogP contribution in [0.5, 0.6) is 11.5 Å². The number of para-hydroxylation sites is 1. The van der Waals surface area contributed by atoms with Gasteiger partial charge in [0.05, 0.1) is 0 Å². The van der Waals surface area contributed by atoms with Gasteiger partial charge in [-0.2, -0.15) is 0 Å². The van der Waals surface area contributed by atoms with E-state index in [0.717, 1.165) is 30.7 Å². The van der Waals surface area contributed by atoms with Crippen molar-refractivity contribution in [3.63, 3.8) is 0 Å². The summed E-state index contributed by atoms with van der Waals surface area (Å²) in [5.74, 6) is 1.32. The highest BCUT2D eigenvalue weighted by Gasteiger charge is 2.29. The highest BCUT2D eigenvalue weighted by Crippen LogP contribution is 2.30. The molecule has 3 rings (SSSR count). The van der Waals surface area contributed by atoms with E-state index >= 15 is 0 Å². The Morgan fingerprint density at radius 3 is 2.86 bits per heavy atom. The molecule has 3 nitrogen and oxygen atoms in total. The van der Waals surface area contributed by atoms with E-state index in [-0.39, 0.29) is 12.1 Å². The summed E-state index contributed by atoms with van der Waals surface area (Å²) in [6.45, 7) is 3.01. The summed E-state index contributed by atoms with van der Waals surface area (Å²) >= 11 is 0. The van der Waals surface area contributed by atoms with Gasteiger partial charge in [-0.3, -0.25) is 0 Å². The normalized spacial score (nSPS) is 18.0. The summed E-state index contributed by atoms with van der Waals surface area (Å²) in [4.78, 5) is 0.